The first-order valence-electron chi connectivity index (χ1n) is 3.98. The van der Waals surface area contributed by atoms with Crippen LogP contribution in [-0.2, 0) is 14.3 Å². The fourth-order valence-electron chi connectivity index (χ4n) is 1.08. The Kier molecular flexibility index (Phi) is 3.51. The van der Waals surface area contributed by atoms with Gasteiger partial charge in [0.25, 0.3) is 5.91 Å². The van der Waals surface area contributed by atoms with Crippen LogP contribution in [0.3, 0.4) is 0 Å². The number of nitriles is 1. The van der Waals surface area contributed by atoms with Crippen LogP contribution in [0.25, 0.3) is 0 Å². The fraction of sp³-hybridized carbons (Fsp3) is 0.444. The molecule has 0 fully saturated rings. The number of amides is 1. The van der Waals surface area contributed by atoms with Gasteiger partial charge in [-0.25, -0.2) is 4.99 Å². The molecule has 1 rings (SSSR count). The van der Waals surface area contributed by atoms with E-state index in [1.807, 2.05) is 6.07 Å². The van der Waals surface area contributed by atoms with E-state index in [0.29, 0.717) is 5.71 Å². The molecule has 0 aliphatic carbocycles. The van der Waals surface area contributed by atoms with Gasteiger partial charge < -0.3 is 9.47 Å². The van der Waals surface area contributed by atoms with Gasteiger partial charge >= 0.3 is 0 Å². The molecule has 5 nitrogen and oxygen atoms in total. The minimum Gasteiger partial charge on any atom is -0.350 e. The van der Waals surface area contributed by atoms with E-state index >= 15 is 0 Å². The number of aliphatic imine (C=N–C) groups is 1. The maximum Gasteiger partial charge on any atom is 0.267 e. The summed E-state index contributed by atoms with van der Waals surface area (Å²) in [6.07, 6.45) is 2.39. The lowest BCUT2D eigenvalue weighted by molar-refractivity contribution is -0.119. The highest BCUT2D eigenvalue weighted by molar-refractivity contribution is 6.08. The Bertz CT molecular complexity index is 323. The van der Waals surface area contributed by atoms with Gasteiger partial charge in [-0.1, -0.05) is 6.08 Å². The lowest BCUT2D eigenvalue weighted by Crippen LogP contribution is -2.28. The third-order valence-corrected chi connectivity index (χ3v) is 1.77. The van der Waals surface area contributed by atoms with Gasteiger partial charge in [-0.15, -0.1) is 0 Å². The molecule has 0 N–H and O–H groups in total. The van der Waals surface area contributed by atoms with Crippen LogP contribution in [0.1, 0.15) is 0 Å². The number of methoxy groups -OCH3 is 2. The number of carbonyl (C=O) groups is 1. The molecular weight excluding hydrogens is 184 g/mol. The third-order valence-electron chi connectivity index (χ3n) is 1.77. The summed E-state index contributed by atoms with van der Waals surface area (Å²) in [4.78, 5) is 14.9. The first-order valence-corrected chi connectivity index (χ1v) is 3.98. The number of carbonyl (C=O) groups excluding carboxylic acids is 1. The Labute approximate surface area is 81.6 Å². The Morgan fingerprint density at radius 3 is 2.64 bits per heavy atom. The van der Waals surface area contributed by atoms with Crippen molar-refractivity contribution in [3.63, 3.8) is 0 Å². The molecular formula is C9H10N2O3. The van der Waals surface area contributed by atoms with E-state index in [2.05, 4.69) is 4.99 Å². The summed E-state index contributed by atoms with van der Waals surface area (Å²) in [7, 11) is 2.90. The van der Waals surface area contributed by atoms with Crippen molar-refractivity contribution in [2.75, 3.05) is 14.2 Å². The standard InChI is InChI=1S/C9H10N2O3/c1-13-9(14-2)7-4-3-6(5-10)8(12)11-7/h3-4,6,9H,1-2H3. The van der Waals surface area contributed by atoms with Crippen molar-refractivity contribution >= 4 is 11.6 Å². The van der Waals surface area contributed by atoms with Gasteiger partial charge in [0.2, 0.25) is 6.29 Å². The topological polar surface area (TPSA) is 71.7 Å². The molecule has 1 unspecified atom stereocenters. The molecule has 0 radical (unpaired) electrons. The molecule has 14 heavy (non-hydrogen) atoms. The molecule has 1 heterocycles. The molecule has 1 aliphatic heterocycles. The third kappa shape index (κ3) is 2.05. The zero-order valence-electron chi connectivity index (χ0n) is 7.93. The number of rotatable bonds is 3. The van der Waals surface area contributed by atoms with Crippen molar-refractivity contribution in [1.82, 2.24) is 0 Å². The lowest BCUT2D eigenvalue weighted by Gasteiger charge is -2.15. The quantitative estimate of drug-likeness (QED) is 0.605. The number of hydrogen-bond acceptors (Lipinski definition) is 4. The first kappa shape index (κ1) is 10.6. The minimum absolute atomic E-state index is 0.381. The summed E-state index contributed by atoms with van der Waals surface area (Å²) in [5.74, 6) is -1.27. The van der Waals surface area contributed by atoms with Crippen molar-refractivity contribution < 1.29 is 14.3 Å². The highest BCUT2D eigenvalue weighted by atomic mass is 16.7. The van der Waals surface area contributed by atoms with Crippen molar-refractivity contribution in [1.29, 1.82) is 5.26 Å². The second-order valence-electron chi connectivity index (χ2n) is 2.64. The molecule has 1 aliphatic rings. The van der Waals surface area contributed by atoms with Gasteiger partial charge in [-0.05, 0) is 6.08 Å². The maximum atomic E-state index is 11.2. The zero-order chi connectivity index (χ0) is 10.6. The van der Waals surface area contributed by atoms with Crippen molar-refractivity contribution in [2.24, 2.45) is 10.9 Å². The molecule has 0 aromatic heterocycles. The number of dihydropyridines is 1. The van der Waals surface area contributed by atoms with Crippen LogP contribution >= 0.6 is 0 Å². The molecule has 0 bridgehead atoms. The van der Waals surface area contributed by atoms with Crippen LogP contribution in [0.4, 0.5) is 0 Å². The monoisotopic (exact) mass is 194 g/mol. The van der Waals surface area contributed by atoms with Crippen LogP contribution in [0.15, 0.2) is 17.1 Å². The predicted octanol–water partition coefficient (Wildman–Crippen LogP) is 0.282. The summed E-state index contributed by atoms with van der Waals surface area (Å²) in [5, 5.41) is 8.55. The molecule has 0 spiro atoms. The summed E-state index contributed by atoms with van der Waals surface area (Å²) in [6, 6.07) is 1.82. The second-order valence-corrected chi connectivity index (χ2v) is 2.64. The molecule has 0 aromatic rings. The maximum absolute atomic E-state index is 11.2. The number of ether oxygens (including phenoxy) is 2. The van der Waals surface area contributed by atoms with Gasteiger partial charge in [-0.2, -0.15) is 5.26 Å². The first-order chi connectivity index (χ1) is 6.72. The van der Waals surface area contributed by atoms with Crippen LogP contribution < -0.4 is 0 Å². The highest BCUT2D eigenvalue weighted by Crippen LogP contribution is 2.10. The average molecular weight is 194 g/mol. The Hall–Kier alpha value is -1.51. The average Bonchev–Trinajstić information content (AvgIpc) is 2.20. The van der Waals surface area contributed by atoms with Crippen molar-refractivity contribution in [3.8, 4) is 6.07 Å². The lowest BCUT2D eigenvalue weighted by atomic mass is 10.1. The summed E-state index contributed by atoms with van der Waals surface area (Å²) in [5.41, 5.74) is 0.381. The van der Waals surface area contributed by atoms with Gasteiger partial charge in [-0.3, -0.25) is 4.79 Å². The van der Waals surface area contributed by atoms with E-state index in [4.69, 9.17) is 14.7 Å². The van der Waals surface area contributed by atoms with E-state index in [-0.39, 0.29) is 0 Å². The zero-order valence-corrected chi connectivity index (χ0v) is 7.93. The van der Waals surface area contributed by atoms with Crippen molar-refractivity contribution in [3.05, 3.63) is 12.2 Å². The van der Waals surface area contributed by atoms with E-state index in [9.17, 15) is 4.79 Å². The summed E-state index contributed by atoms with van der Waals surface area (Å²) < 4.78 is 9.83. The van der Waals surface area contributed by atoms with Crippen LogP contribution in [0.5, 0.6) is 0 Å². The smallest absolute Gasteiger partial charge is 0.267 e. The second kappa shape index (κ2) is 4.65. The Morgan fingerprint density at radius 1 is 1.57 bits per heavy atom. The van der Waals surface area contributed by atoms with Crippen LogP contribution in [-0.4, -0.2) is 32.1 Å². The molecule has 1 amide bonds. The predicted molar refractivity (Wildman–Crippen MR) is 48.5 cm³/mol. The Morgan fingerprint density at radius 2 is 2.21 bits per heavy atom. The molecule has 0 aromatic carbocycles. The van der Waals surface area contributed by atoms with E-state index in [1.54, 1.807) is 6.08 Å². The Balaban J connectivity index is 2.82. The fourth-order valence-corrected chi connectivity index (χ4v) is 1.08. The van der Waals surface area contributed by atoms with Gasteiger partial charge in [0.15, 0.2) is 0 Å². The SMILES string of the molecule is COC(OC)C1=NC(=O)C(C#N)C=C1. The largest absolute Gasteiger partial charge is 0.350 e. The van der Waals surface area contributed by atoms with Crippen LogP contribution in [0.2, 0.25) is 0 Å². The van der Waals surface area contributed by atoms with Crippen LogP contribution in [0, 0.1) is 17.2 Å². The van der Waals surface area contributed by atoms with E-state index in [0.717, 1.165) is 0 Å². The number of nitrogens with zero attached hydrogens (tertiary/aromatic N) is 2. The van der Waals surface area contributed by atoms with E-state index in [1.165, 1.54) is 20.3 Å². The summed E-state index contributed by atoms with van der Waals surface area (Å²) >= 11 is 0. The highest BCUT2D eigenvalue weighted by Gasteiger charge is 2.22. The van der Waals surface area contributed by atoms with Gasteiger partial charge in [0.1, 0.15) is 5.92 Å². The molecule has 5 heteroatoms. The van der Waals surface area contributed by atoms with Crippen molar-refractivity contribution in [2.45, 2.75) is 6.29 Å². The van der Waals surface area contributed by atoms with Gasteiger partial charge in [0, 0.05) is 14.2 Å². The normalized spacial score (nSPS) is 20.9. The molecule has 74 valence electrons. The number of hydrogen-bond donors (Lipinski definition) is 0. The van der Waals surface area contributed by atoms with Gasteiger partial charge in [0.05, 0.1) is 11.8 Å². The minimum atomic E-state index is -0.784. The molecule has 1 atom stereocenters. The summed E-state index contributed by atoms with van der Waals surface area (Å²) in [6.45, 7) is 0. The molecule has 0 saturated carbocycles. The molecule has 0 saturated heterocycles. The van der Waals surface area contributed by atoms with E-state index < -0.39 is 18.1 Å².